The topological polar surface area (TPSA) is 72.5 Å². The highest BCUT2D eigenvalue weighted by atomic mass is 19.1. The first-order valence-electron chi connectivity index (χ1n) is 8.72. The number of furan rings is 1. The monoisotopic (exact) mass is 377 g/mol. The second-order valence-corrected chi connectivity index (χ2v) is 6.36. The first-order valence-corrected chi connectivity index (χ1v) is 8.72. The second kappa shape index (κ2) is 7.52. The summed E-state index contributed by atoms with van der Waals surface area (Å²) in [5, 5.41) is 3.44. The van der Waals surface area contributed by atoms with Gasteiger partial charge in [-0.15, -0.1) is 0 Å². The van der Waals surface area contributed by atoms with Crippen molar-refractivity contribution in [3.8, 4) is 0 Å². The fourth-order valence-corrected chi connectivity index (χ4v) is 3.07. The number of hydrogen-bond acceptors (Lipinski definition) is 4. The van der Waals surface area contributed by atoms with Crippen LogP contribution in [0.25, 0.3) is 11.0 Å². The molecular weight excluding hydrogens is 361 g/mol. The summed E-state index contributed by atoms with van der Waals surface area (Å²) in [6, 6.07) is 17.4. The Morgan fingerprint density at radius 3 is 2.68 bits per heavy atom. The molecule has 0 aliphatic heterocycles. The van der Waals surface area contributed by atoms with Gasteiger partial charge < -0.3 is 14.2 Å². The Morgan fingerprint density at radius 2 is 1.89 bits per heavy atom. The number of hydrogen-bond donors (Lipinski definition) is 1. The van der Waals surface area contributed by atoms with Crippen LogP contribution in [0.15, 0.2) is 86.6 Å². The third kappa shape index (κ3) is 3.71. The molecule has 0 spiro atoms. The zero-order valence-corrected chi connectivity index (χ0v) is 14.7. The van der Waals surface area contributed by atoms with E-state index in [9.17, 15) is 14.0 Å². The third-order valence-electron chi connectivity index (χ3n) is 4.41. The molecule has 0 saturated heterocycles. The zero-order chi connectivity index (χ0) is 19.5. The summed E-state index contributed by atoms with van der Waals surface area (Å²) < 4.78 is 24.2. The second-order valence-electron chi connectivity index (χ2n) is 6.36. The van der Waals surface area contributed by atoms with Crippen LogP contribution in [-0.4, -0.2) is 5.91 Å². The lowest BCUT2D eigenvalue weighted by molar-refractivity contribution is 0.0928. The first kappa shape index (κ1) is 17.7. The van der Waals surface area contributed by atoms with Gasteiger partial charge in [-0.05, 0) is 42.0 Å². The van der Waals surface area contributed by atoms with Gasteiger partial charge in [-0.3, -0.25) is 4.79 Å². The molecule has 1 atom stereocenters. The van der Waals surface area contributed by atoms with Gasteiger partial charge in [0.2, 0.25) is 0 Å². The molecule has 0 radical (unpaired) electrons. The van der Waals surface area contributed by atoms with Gasteiger partial charge in [-0.1, -0.05) is 30.3 Å². The number of nitrogens with one attached hydrogen (secondary N) is 1. The Kier molecular flexibility index (Phi) is 4.76. The Bertz CT molecular complexity index is 1180. The maximum atomic E-state index is 13.5. The minimum Gasteiger partial charge on any atom is -0.467 e. The van der Waals surface area contributed by atoms with Crippen molar-refractivity contribution in [3.63, 3.8) is 0 Å². The van der Waals surface area contributed by atoms with E-state index in [0.29, 0.717) is 28.7 Å². The highest BCUT2D eigenvalue weighted by molar-refractivity contribution is 5.96. The molecule has 0 aliphatic carbocycles. The molecule has 0 bridgehead atoms. The fourth-order valence-electron chi connectivity index (χ4n) is 3.07. The number of para-hydroxylation sites is 1. The lowest BCUT2D eigenvalue weighted by atomic mass is 10.0. The molecule has 140 valence electrons. The van der Waals surface area contributed by atoms with Crippen molar-refractivity contribution in [2.75, 3.05) is 0 Å². The molecule has 2 aromatic carbocycles. The molecule has 28 heavy (non-hydrogen) atoms. The van der Waals surface area contributed by atoms with E-state index < -0.39 is 17.6 Å². The Balaban J connectivity index is 1.64. The largest absolute Gasteiger partial charge is 0.467 e. The van der Waals surface area contributed by atoms with Gasteiger partial charge in [0.1, 0.15) is 22.7 Å². The van der Waals surface area contributed by atoms with Gasteiger partial charge in [-0.2, -0.15) is 0 Å². The molecule has 0 aliphatic rings. The number of halogens is 1. The van der Waals surface area contributed by atoms with E-state index in [0.717, 1.165) is 0 Å². The normalized spacial score (nSPS) is 12.0. The predicted molar refractivity (Wildman–Crippen MR) is 102 cm³/mol. The number of rotatable bonds is 5. The lowest BCUT2D eigenvalue weighted by Crippen LogP contribution is -2.32. The average molecular weight is 377 g/mol. The van der Waals surface area contributed by atoms with Gasteiger partial charge in [0.25, 0.3) is 5.91 Å². The zero-order valence-electron chi connectivity index (χ0n) is 14.7. The van der Waals surface area contributed by atoms with Gasteiger partial charge >= 0.3 is 5.63 Å². The van der Waals surface area contributed by atoms with Gasteiger partial charge in [0.15, 0.2) is 0 Å². The Morgan fingerprint density at radius 1 is 1.04 bits per heavy atom. The third-order valence-corrected chi connectivity index (χ3v) is 4.41. The molecule has 1 N–H and O–H groups in total. The highest BCUT2D eigenvalue weighted by Crippen LogP contribution is 2.21. The molecular formula is C22H16FNO4. The van der Waals surface area contributed by atoms with Crippen LogP contribution in [0.5, 0.6) is 0 Å². The van der Waals surface area contributed by atoms with Crippen LogP contribution in [0.2, 0.25) is 0 Å². The smallest absolute Gasteiger partial charge is 0.349 e. The molecule has 1 amide bonds. The Hall–Kier alpha value is -3.67. The van der Waals surface area contributed by atoms with Crippen LogP contribution in [0.1, 0.15) is 27.7 Å². The van der Waals surface area contributed by atoms with E-state index in [2.05, 4.69) is 5.32 Å². The summed E-state index contributed by atoms with van der Waals surface area (Å²) in [5.74, 6) is -0.447. The molecule has 6 heteroatoms. The standard InChI is InChI=1S/C22H16FNO4/c23-16-7-3-5-14(11-16)12-18(20-9-4-10-27-20)24-21(25)17-13-15-6-1-2-8-19(15)28-22(17)26/h1-11,13,18H,12H2,(H,24,25). The summed E-state index contributed by atoms with van der Waals surface area (Å²) in [6.07, 6.45) is 1.79. The van der Waals surface area contributed by atoms with E-state index in [-0.39, 0.29) is 11.4 Å². The van der Waals surface area contributed by atoms with Crippen molar-refractivity contribution < 1.29 is 18.0 Å². The fraction of sp³-hybridized carbons (Fsp3) is 0.0909. The SMILES string of the molecule is O=C(NC(Cc1cccc(F)c1)c1ccco1)c1cc2ccccc2oc1=O. The summed E-state index contributed by atoms with van der Waals surface area (Å²) in [6.45, 7) is 0. The van der Waals surface area contributed by atoms with E-state index in [4.69, 9.17) is 8.83 Å². The van der Waals surface area contributed by atoms with Crippen molar-refractivity contribution in [1.29, 1.82) is 0 Å². The van der Waals surface area contributed by atoms with Crippen molar-refractivity contribution in [2.24, 2.45) is 0 Å². The molecule has 4 rings (SSSR count). The summed E-state index contributed by atoms with van der Waals surface area (Å²) >= 11 is 0. The molecule has 5 nitrogen and oxygen atoms in total. The van der Waals surface area contributed by atoms with Crippen LogP contribution in [0, 0.1) is 5.82 Å². The molecule has 2 heterocycles. The van der Waals surface area contributed by atoms with Crippen molar-refractivity contribution in [1.82, 2.24) is 5.32 Å². The number of amides is 1. The highest BCUT2D eigenvalue weighted by Gasteiger charge is 2.21. The minimum absolute atomic E-state index is 0.102. The van der Waals surface area contributed by atoms with Crippen LogP contribution < -0.4 is 10.9 Å². The number of carbonyl (C=O) groups excluding carboxylic acids is 1. The van der Waals surface area contributed by atoms with Crippen LogP contribution in [0.4, 0.5) is 4.39 Å². The first-order chi connectivity index (χ1) is 13.6. The number of fused-ring (bicyclic) bond motifs is 1. The summed E-state index contributed by atoms with van der Waals surface area (Å²) in [4.78, 5) is 25.0. The number of benzene rings is 2. The molecule has 4 aromatic rings. The molecule has 0 fully saturated rings. The van der Waals surface area contributed by atoms with E-state index in [1.54, 1.807) is 48.5 Å². The van der Waals surface area contributed by atoms with Gasteiger partial charge in [0, 0.05) is 11.8 Å². The van der Waals surface area contributed by atoms with Crippen molar-refractivity contribution in [2.45, 2.75) is 12.5 Å². The average Bonchev–Trinajstić information content (AvgIpc) is 3.21. The quantitative estimate of drug-likeness (QED) is 0.528. The molecule has 2 aromatic heterocycles. The lowest BCUT2D eigenvalue weighted by Gasteiger charge is -2.17. The van der Waals surface area contributed by atoms with Gasteiger partial charge in [-0.25, -0.2) is 9.18 Å². The van der Waals surface area contributed by atoms with Crippen LogP contribution in [0.3, 0.4) is 0 Å². The van der Waals surface area contributed by atoms with E-state index >= 15 is 0 Å². The van der Waals surface area contributed by atoms with Crippen molar-refractivity contribution >= 4 is 16.9 Å². The minimum atomic E-state index is -0.722. The van der Waals surface area contributed by atoms with Gasteiger partial charge in [0.05, 0.1) is 12.3 Å². The number of carbonyl (C=O) groups is 1. The maximum Gasteiger partial charge on any atom is 0.349 e. The maximum absolute atomic E-state index is 13.5. The molecule has 1 unspecified atom stereocenters. The van der Waals surface area contributed by atoms with E-state index in [1.807, 2.05) is 0 Å². The van der Waals surface area contributed by atoms with Crippen LogP contribution >= 0.6 is 0 Å². The summed E-state index contributed by atoms with van der Waals surface area (Å²) in [5.41, 5.74) is 0.272. The van der Waals surface area contributed by atoms with Crippen molar-refractivity contribution in [3.05, 3.63) is 106 Å². The van der Waals surface area contributed by atoms with E-state index in [1.165, 1.54) is 24.5 Å². The predicted octanol–water partition coefficient (Wildman–Crippen LogP) is 4.24. The van der Waals surface area contributed by atoms with Crippen LogP contribution in [-0.2, 0) is 6.42 Å². The summed E-state index contributed by atoms with van der Waals surface area (Å²) in [7, 11) is 0. The Labute approximate surface area is 159 Å². The molecule has 0 saturated carbocycles.